The Morgan fingerprint density at radius 2 is 1.88 bits per heavy atom. The number of rotatable bonds is 2. The van der Waals surface area contributed by atoms with Crippen molar-refractivity contribution in [3.05, 3.63) is 12.2 Å². The summed E-state index contributed by atoms with van der Waals surface area (Å²) in [5.74, 6) is -1.92. The number of hydrogen-bond acceptors (Lipinski definition) is 3. The minimum absolute atomic E-state index is 0.0429. The Balaban J connectivity index is 2.07. The van der Waals surface area contributed by atoms with E-state index >= 15 is 0 Å². The summed E-state index contributed by atoms with van der Waals surface area (Å²) in [5.41, 5.74) is 5.76. The van der Waals surface area contributed by atoms with E-state index in [9.17, 15) is 9.59 Å². The second-order valence-corrected chi connectivity index (χ2v) is 4.83. The maximum absolute atomic E-state index is 12.2. The molecule has 2 aliphatic rings. The van der Waals surface area contributed by atoms with Gasteiger partial charge < -0.3 is 15.7 Å². The summed E-state index contributed by atoms with van der Waals surface area (Å²) in [4.78, 5) is 25.1. The molecule has 1 heterocycles. The van der Waals surface area contributed by atoms with Crippen LogP contribution in [-0.4, -0.2) is 41.0 Å². The van der Waals surface area contributed by atoms with Gasteiger partial charge in [-0.15, -0.1) is 0 Å². The van der Waals surface area contributed by atoms with E-state index in [4.69, 9.17) is 10.8 Å². The van der Waals surface area contributed by atoms with E-state index in [1.54, 1.807) is 4.90 Å². The zero-order chi connectivity index (χ0) is 12.4. The van der Waals surface area contributed by atoms with E-state index < -0.39 is 17.8 Å². The molecule has 0 aromatic rings. The van der Waals surface area contributed by atoms with Gasteiger partial charge in [0.05, 0.1) is 11.8 Å². The number of carbonyl (C=O) groups is 2. The number of carboxylic acid groups (broad SMARTS) is 1. The summed E-state index contributed by atoms with van der Waals surface area (Å²) < 4.78 is 0. The lowest BCUT2D eigenvalue weighted by Gasteiger charge is -2.28. The van der Waals surface area contributed by atoms with E-state index in [2.05, 4.69) is 0 Å². The molecule has 1 amide bonds. The molecule has 5 heteroatoms. The van der Waals surface area contributed by atoms with Gasteiger partial charge in [-0.3, -0.25) is 9.59 Å². The third-order valence-electron chi connectivity index (χ3n) is 3.60. The highest BCUT2D eigenvalue weighted by atomic mass is 16.4. The first-order valence-electron chi connectivity index (χ1n) is 6.01. The Labute approximate surface area is 100 Å². The number of allylic oxidation sites excluding steroid dienone is 2. The van der Waals surface area contributed by atoms with Gasteiger partial charge in [0.1, 0.15) is 0 Å². The van der Waals surface area contributed by atoms with Crippen LogP contribution in [0.4, 0.5) is 0 Å². The third-order valence-corrected chi connectivity index (χ3v) is 3.60. The lowest BCUT2D eigenvalue weighted by atomic mass is 9.82. The number of carbonyl (C=O) groups excluding carboxylic acids is 1. The van der Waals surface area contributed by atoms with Gasteiger partial charge in [-0.25, -0.2) is 0 Å². The molecule has 3 atom stereocenters. The highest BCUT2D eigenvalue weighted by Gasteiger charge is 2.37. The van der Waals surface area contributed by atoms with Gasteiger partial charge in [0.25, 0.3) is 0 Å². The van der Waals surface area contributed by atoms with Gasteiger partial charge in [0.2, 0.25) is 5.91 Å². The molecule has 1 aliphatic heterocycles. The van der Waals surface area contributed by atoms with Gasteiger partial charge >= 0.3 is 5.97 Å². The predicted octanol–water partition coefficient (Wildman–Crippen LogP) is 0.213. The van der Waals surface area contributed by atoms with Crippen LogP contribution < -0.4 is 5.73 Å². The van der Waals surface area contributed by atoms with E-state index in [1.807, 2.05) is 12.2 Å². The Morgan fingerprint density at radius 1 is 1.24 bits per heavy atom. The highest BCUT2D eigenvalue weighted by molar-refractivity contribution is 5.85. The molecular weight excluding hydrogens is 220 g/mol. The first-order valence-corrected chi connectivity index (χ1v) is 6.01. The molecule has 5 nitrogen and oxygen atoms in total. The SMILES string of the molecule is NC1CCN(C(=O)[C@@H]2CC=CC[C@@H]2C(=O)O)C1. The molecule has 0 aromatic carbocycles. The van der Waals surface area contributed by atoms with Gasteiger partial charge in [-0.2, -0.15) is 0 Å². The van der Waals surface area contributed by atoms with Crippen molar-refractivity contribution in [3.8, 4) is 0 Å². The predicted molar refractivity (Wildman–Crippen MR) is 62.2 cm³/mol. The van der Waals surface area contributed by atoms with Gasteiger partial charge in [0.15, 0.2) is 0 Å². The lowest BCUT2D eigenvalue weighted by Crippen LogP contribution is -2.41. The number of nitrogens with zero attached hydrogens (tertiary/aromatic N) is 1. The minimum Gasteiger partial charge on any atom is -0.481 e. The zero-order valence-electron chi connectivity index (χ0n) is 9.71. The van der Waals surface area contributed by atoms with Crippen molar-refractivity contribution in [2.45, 2.75) is 25.3 Å². The number of carboxylic acids is 1. The van der Waals surface area contributed by atoms with Crippen LogP contribution in [0.5, 0.6) is 0 Å². The average molecular weight is 238 g/mol. The topological polar surface area (TPSA) is 83.6 Å². The smallest absolute Gasteiger partial charge is 0.307 e. The standard InChI is InChI=1S/C12H18N2O3/c13-8-5-6-14(7-8)11(15)9-3-1-2-4-10(9)12(16)17/h1-2,8-10H,3-7,13H2,(H,16,17)/t8?,9-,10+/m1/s1. The number of nitrogens with two attached hydrogens (primary N) is 1. The van der Waals surface area contributed by atoms with Crippen LogP contribution in [-0.2, 0) is 9.59 Å². The van der Waals surface area contributed by atoms with Gasteiger partial charge in [0, 0.05) is 19.1 Å². The molecule has 94 valence electrons. The number of amides is 1. The molecular formula is C12H18N2O3. The molecule has 1 aliphatic carbocycles. The molecule has 0 radical (unpaired) electrons. The van der Waals surface area contributed by atoms with E-state index in [1.165, 1.54) is 0 Å². The number of likely N-dealkylation sites (tertiary alicyclic amines) is 1. The summed E-state index contributed by atoms with van der Waals surface area (Å²) in [6, 6.07) is 0.0429. The van der Waals surface area contributed by atoms with Crippen LogP contribution in [0.1, 0.15) is 19.3 Å². The molecule has 1 unspecified atom stereocenters. The first-order chi connectivity index (χ1) is 8.09. The molecule has 0 spiro atoms. The fourth-order valence-corrected chi connectivity index (χ4v) is 2.58. The largest absolute Gasteiger partial charge is 0.481 e. The molecule has 17 heavy (non-hydrogen) atoms. The van der Waals surface area contributed by atoms with E-state index in [0.29, 0.717) is 25.9 Å². The van der Waals surface area contributed by atoms with Crippen LogP contribution >= 0.6 is 0 Å². The summed E-state index contributed by atoms with van der Waals surface area (Å²) in [5, 5.41) is 9.12. The van der Waals surface area contributed by atoms with E-state index in [0.717, 1.165) is 6.42 Å². The van der Waals surface area contributed by atoms with E-state index in [-0.39, 0.29) is 11.9 Å². The quantitative estimate of drug-likeness (QED) is 0.674. The summed E-state index contributed by atoms with van der Waals surface area (Å²) in [6.07, 6.45) is 5.54. The molecule has 0 saturated carbocycles. The summed E-state index contributed by atoms with van der Waals surface area (Å²) >= 11 is 0. The summed E-state index contributed by atoms with van der Waals surface area (Å²) in [6.45, 7) is 1.22. The van der Waals surface area contributed by atoms with Gasteiger partial charge in [-0.1, -0.05) is 12.2 Å². The molecule has 1 saturated heterocycles. The maximum Gasteiger partial charge on any atom is 0.307 e. The second kappa shape index (κ2) is 4.87. The molecule has 0 bridgehead atoms. The number of aliphatic carboxylic acids is 1. The van der Waals surface area contributed by atoms with Crippen LogP contribution in [0.2, 0.25) is 0 Å². The van der Waals surface area contributed by atoms with Gasteiger partial charge in [-0.05, 0) is 19.3 Å². The number of hydrogen-bond donors (Lipinski definition) is 2. The normalized spacial score (nSPS) is 32.8. The maximum atomic E-state index is 12.2. The average Bonchev–Trinajstić information content (AvgIpc) is 2.75. The van der Waals surface area contributed by atoms with Crippen molar-refractivity contribution in [3.63, 3.8) is 0 Å². The minimum atomic E-state index is -0.879. The third kappa shape index (κ3) is 2.49. The van der Waals surface area contributed by atoms with Crippen molar-refractivity contribution < 1.29 is 14.7 Å². The van der Waals surface area contributed by atoms with Crippen LogP contribution in [0.15, 0.2) is 12.2 Å². The molecule has 2 rings (SSSR count). The van der Waals surface area contributed by atoms with Crippen LogP contribution in [0, 0.1) is 11.8 Å². The Morgan fingerprint density at radius 3 is 2.41 bits per heavy atom. The fraction of sp³-hybridized carbons (Fsp3) is 0.667. The van der Waals surface area contributed by atoms with Crippen molar-refractivity contribution in [1.82, 2.24) is 4.90 Å². The second-order valence-electron chi connectivity index (χ2n) is 4.83. The van der Waals surface area contributed by atoms with Crippen molar-refractivity contribution in [2.24, 2.45) is 17.6 Å². The summed E-state index contributed by atoms with van der Waals surface area (Å²) in [7, 11) is 0. The molecule has 0 aromatic heterocycles. The van der Waals surface area contributed by atoms with Crippen molar-refractivity contribution >= 4 is 11.9 Å². The van der Waals surface area contributed by atoms with Crippen molar-refractivity contribution in [2.75, 3.05) is 13.1 Å². The lowest BCUT2D eigenvalue weighted by molar-refractivity contribution is -0.150. The van der Waals surface area contributed by atoms with Crippen LogP contribution in [0.3, 0.4) is 0 Å². The Hall–Kier alpha value is -1.36. The van der Waals surface area contributed by atoms with Crippen molar-refractivity contribution in [1.29, 1.82) is 0 Å². The first kappa shape index (κ1) is 12.1. The van der Waals surface area contributed by atoms with Crippen LogP contribution in [0.25, 0.3) is 0 Å². The monoisotopic (exact) mass is 238 g/mol. The molecule has 3 N–H and O–H groups in total. The Kier molecular flexibility index (Phi) is 3.47. The Bertz CT molecular complexity index is 354. The zero-order valence-corrected chi connectivity index (χ0v) is 9.71. The fourth-order valence-electron chi connectivity index (χ4n) is 2.58. The highest BCUT2D eigenvalue weighted by Crippen LogP contribution is 2.28. The molecule has 1 fully saturated rings.